The second-order valence-corrected chi connectivity index (χ2v) is 7.48. The van der Waals surface area contributed by atoms with Crippen molar-refractivity contribution in [2.24, 2.45) is 11.7 Å². The number of ether oxygens (including phenoxy) is 1. The molecule has 1 fully saturated rings. The van der Waals surface area contributed by atoms with E-state index in [1.54, 1.807) is 17.0 Å². The first kappa shape index (κ1) is 19.4. The Balaban J connectivity index is 1.41. The number of likely N-dealkylation sites (tertiary alicyclic amines) is 1. The van der Waals surface area contributed by atoms with Crippen LogP contribution in [0.2, 0.25) is 0 Å². The third kappa shape index (κ3) is 4.41. The number of nitrogens with zero attached hydrogens (tertiary/aromatic N) is 3. The highest BCUT2D eigenvalue weighted by Gasteiger charge is 2.34. The Labute approximate surface area is 169 Å². The predicted octanol–water partition coefficient (Wildman–Crippen LogP) is 1.74. The van der Waals surface area contributed by atoms with Crippen LogP contribution in [0.5, 0.6) is 5.75 Å². The minimum Gasteiger partial charge on any atom is -0.494 e. The number of rotatable bonds is 7. The smallest absolute Gasteiger partial charge is 0.254 e. The summed E-state index contributed by atoms with van der Waals surface area (Å²) < 4.78 is 7.66. The van der Waals surface area contributed by atoms with E-state index in [1.165, 1.54) is 0 Å². The van der Waals surface area contributed by atoms with Crippen LogP contribution in [0.25, 0.3) is 5.52 Å². The van der Waals surface area contributed by atoms with Crippen molar-refractivity contribution in [2.75, 3.05) is 26.2 Å². The van der Waals surface area contributed by atoms with E-state index in [1.807, 2.05) is 47.3 Å². The first-order valence-corrected chi connectivity index (χ1v) is 9.96. The lowest BCUT2D eigenvalue weighted by molar-refractivity contribution is 0.0764. The molecule has 1 aliphatic rings. The van der Waals surface area contributed by atoms with Crippen molar-refractivity contribution in [3.63, 3.8) is 0 Å². The van der Waals surface area contributed by atoms with Gasteiger partial charge in [0.2, 0.25) is 0 Å². The molecule has 0 spiro atoms. The number of nitrogens with two attached hydrogens (primary N) is 1. The molecular weight excluding hydrogens is 368 g/mol. The molecule has 7 heteroatoms. The molecule has 7 nitrogen and oxygen atoms in total. The zero-order valence-electron chi connectivity index (χ0n) is 16.3. The Morgan fingerprint density at radius 1 is 1.28 bits per heavy atom. The van der Waals surface area contributed by atoms with Gasteiger partial charge in [0.05, 0.1) is 30.1 Å². The van der Waals surface area contributed by atoms with E-state index in [0.717, 1.165) is 17.6 Å². The Hall–Kier alpha value is -2.90. The first-order chi connectivity index (χ1) is 14.1. The van der Waals surface area contributed by atoms with Gasteiger partial charge in [-0.2, -0.15) is 0 Å². The maximum absolute atomic E-state index is 12.9. The number of aromatic nitrogens is 2. The molecule has 0 aliphatic carbocycles. The molecule has 29 heavy (non-hydrogen) atoms. The van der Waals surface area contributed by atoms with Crippen LogP contribution < -0.4 is 10.5 Å². The summed E-state index contributed by atoms with van der Waals surface area (Å²) in [6.45, 7) is 1.92. The van der Waals surface area contributed by atoms with E-state index in [2.05, 4.69) is 4.98 Å². The number of β-amino-alcohol motifs (C(OH)–C–C–N with tert-alkyl or cyclic N) is 1. The molecule has 1 amide bonds. The molecule has 1 aromatic carbocycles. The van der Waals surface area contributed by atoms with Gasteiger partial charge in [-0.25, -0.2) is 0 Å². The van der Waals surface area contributed by atoms with Crippen molar-refractivity contribution in [1.82, 2.24) is 14.3 Å². The molecule has 3 aromatic rings. The van der Waals surface area contributed by atoms with Crippen LogP contribution in [0.1, 0.15) is 22.5 Å². The predicted molar refractivity (Wildman–Crippen MR) is 110 cm³/mol. The Morgan fingerprint density at radius 2 is 2.17 bits per heavy atom. The van der Waals surface area contributed by atoms with Crippen LogP contribution in [0.4, 0.5) is 0 Å². The normalized spacial score (nSPS) is 19.0. The van der Waals surface area contributed by atoms with Crippen LogP contribution in [0.3, 0.4) is 0 Å². The van der Waals surface area contributed by atoms with Gasteiger partial charge in [0.15, 0.2) is 0 Å². The monoisotopic (exact) mass is 394 g/mol. The Morgan fingerprint density at radius 3 is 3.03 bits per heavy atom. The molecule has 1 saturated heterocycles. The van der Waals surface area contributed by atoms with Crippen molar-refractivity contribution < 1.29 is 14.6 Å². The number of hydrogen-bond donors (Lipinski definition) is 2. The van der Waals surface area contributed by atoms with Crippen molar-refractivity contribution in [3.05, 3.63) is 66.2 Å². The molecular formula is C22H26N4O3. The number of aliphatic hydroxyl groups is 1. The average Bonchev–Trinajstić information content (AvgIpc) is 3.34. The topological polar surface area (TPSA) is 93.1 Å². The van der Waals surface area contributed by atoms with Gasteiger partial charge in [-0.15, -0.1) is 0 Å². The molecule has 0 radical (unpaired) electrons. The highest BCUT2D eigenvalue weighted by Crippen LogP contribution is 2.24. The highest BCUT2D eigenvalue weighted by atomic mass is 16.5. The number of amides is 1. The maximum atomic E-state index is 12.9. The lowest BCUT2D eigenvalue weighted by Gasteiger charge is -2.17. The molecule has 2 aromatic heterocycles. The average molecular weight is 394 g/mol. The fourth-order valence-electron chi connectivity index (χ4n) is 3.75. The van der Waals surface area contributed by atoms with Crippen LogP contribution in [-0.4, -0.2) is 57.6 Å². The van der Waals surface area contributed by atoms with E-state index in [9.17, 15) is 9.90 Å². The summed E-state index contributed by atoms with van der Waals surface area (Å²) in [6, 6.07) is 11.1. The van der Waals surface area contributed by atoms with E-state index in [-0.39, 0.29) is 11.8 Å². The summed E-state index contributed by atoms with van der Waals surface area (Å²) in [7, 11) is 0. The zero-order valence-corrected chi connectivity index (χ0v) is 16.3. The molecule has 0 unspecified atom stereocenters. The summed E-state index contributed by atoms with van der Waals surface area (Å²) in [5, 5.41) is 10.5. The number of carbonyl (C=O) groups is 1. The molecule has 0 bridgehead atoms. The van der Waals surface area contributed by atoms with E-state index in [4.69, 9.17) is 10.5 Å². The van der Waals surface area contributed by atoms with Crippen molar-refractivity contribution in [3.8, 4) is 5.75 Å². The third-order valence-electron chi connectivity index (χ3n) is 5.33. The quantitative estimate of drug-likeness (QED) is 0.596. The molecule has 4 rings (SSSR count). The van der Waals surface area contributed by atoms with E-state index in [0.29, 0.717) is 44.0 Å². The Bertz CT molecular complexity index is 987. The van der Waals surface area contributed by atoms with E-state index >= 15 is 0 Å². The van der Waals surface area contributed by atoms with Gasteiger partial charge in [0.25, 0.3) is 5.91 Å². The second-order valence-electron chi connectivity index (χ2n) is 7.48. The van der Waals surface area contributed by atoms with Crippen LogP contribution in [0.15, 0.2) is 55.0 Å². The van der Waals surface area contributed by atoms with Crippen molar-refractivity contribution in [1.29, 1.82) is 0 Å². The Kier molecular flexibility index (Phi) is 5.78. The number of aliphatic hydroxyl groups excluding tert-OH is 1. The first-order valence-electron chi connectivity index (χ1n) is 9.96. The summed E-state index contributed by atoms with van der Waals surface area (Å²) in [4.78, 5) is 19.1. The lowest BCUT2D eigenvalue weighted by atomic mass is 10.0. The highest BCUT2D eigenvalue weighted by molar-refractivity contribution is 5.94. The van der Waals surface area contributed by atoms with Crippen LogP contribution in [0, 0.1) is 5.92 Å². The fourth-order valence-corrected chi connectivity index (χ4v) is 3.75. The summed E-state index contributed by atoms with van der Waals surface area (Å²) >= 11 is 0. The number of benzene rings is 1. The third-order valence-corrected chi connectivity index (χ3v) is 5.33. The summed E-state index contributed by atoms with van der Waals surface area (Å²) in [6.07, 6.45) is 6.61. The summed E-state index contributed by atoms with van der Waals surface area (Å²) in [5.41, 5.74) is 7.99. The van der Waals surface area contributed by atoms with Gasteiger partial charge in [-0.3, -0.25) is 9.78 Å². The van der Waals surface area contributed by atoms with Gasteiger partial charge < -0.3 is 24.9 Å². The summed E-state index contributed by atoms with van der Waals surface area (Å²) in [5.74, 6) is 0.526. The second kappa shape index (κ2) is 8.63. The van der Waals surface area contributed by atoms with Gasteiger partial charge >= 0.3 is 0 Å². The van der Waals surface area contributed by atoms with Gasteiger partial charge in [-0.05, 0) is 49.7 Å². The standard InChI is InChI=1S/C22H26N4O3/c23-7-3-9-29-20-6-1-4-16(11-20)22(28)26-13-17(21(27)15-26)10-18-14-25-8-2-5-19(25)12-24-18/h1-2,4-6,8,11-12,14,17,21,27H,3,7,9-10,13,15,23H2/t17-,21+/m1/s1. The minimum atomic E-state index is -0.565. The van der Waals surface area contributed by atoms with E-state index < -0.39 is 6.10 Å². The van der Waals surface area contributed by atoms with Crippen LogP contribution >= 0.6 is 0 Å². The molecule has 0 saturated carbocycles. The fraction of sp³-hybridized carbons (Fsp3) is 0.364. The zero-order chi connectivity index (χ0) is 20.2. The molecule has 152 valence electrons. The minimum absolute atomic E-state index is 0.0385. The largest absolute Gasteiger partial charge is 0.494 e. The molecule has 2 atom stereocenters. The maximum Gasteiger partial charge on any atom is 0.254 e. The lowest BCUT2D eigenvalue weighted by Crippen LogP contribution is -2.29. The van der Waals surface area contributed by atoms with Crippen LogP contribution in [-0.2, 0) is 6.42 Å². The molecule has 3 N–H and O–H groups in total. The molecule has 3 heterocycles. The number of hydrogen-bond acceptors (Lipinski definition) is 5. The van der Waals surface area contributed by atoms with Gasteiger partial charge in [0, 0.05) is 37.0 Å². The SMILES string of the molecule is NCCCOc1cccc(C(=O)N2C[C@@H](Cc3cn4cccc4cn3)[C@@H](O)C2)c1. The van der Waals surface area contributed by atoms with Crippen molar-refractivity contribution in [2.45, 2.75) is 18.9 Å². The number of fused-ring (bicyclic) bond motifs is 1. The van der Waals surface area contributed by atoms with Crippen molar-refractivity contribution >= 4 is 11.4 Å². The molecule has 1 aliphatic heterocycles. The van der Waals surface area contributed by atoms with Gasteiger partial charge in [0.1, 0.15) is 5.75 Å². The number of carbonyl (C=O) groups excluding carboxylic acids is 1. The van der Waals surface area contributed by atoms with Gasteiger partial charge in [-0.1, -0.05) is 6.07 Å².